The van der Waals surface area contributed by atoms with Crippen LogP contribution in [0.5, 0.6) is 0 Å². The Labute approximate surface area is 139 Å². The molecule has 1 heterocycles. The quantitative estimate of drug-likeness (QED) is 0.630. The van der Waals surface area contributed by atoms with Crippen molar-refractivity contribution in [3.63, 3.8) is 0 Å². The van der Waals surface area contributed by atoms with Gasteiger partial charge in [-0.15, -0.1) is 0 Å². The smallest absolute Gasteiger partial charge is 0.435 e. The Hall–Kier alpha value is -2.63. The highest BCUT2D eigenvalue weighted by molar-refractivity contribution is 6.08. The molecule has 124 valence electrons. The van der Waals surface area contributed by atoms with Gasteiger partial charge in [-0.1, -0.05) is 30.4 Å². The molecule has 24 heavy (non-hydrogen) atoms. The fourth-order valence-corrected chi connectivity index (χ4v) is 3.77. The lowest BCUT2D eigenvalue weighted by molar-refractivity contribution is -0.144. The highest BCUT2D eigenvalue weighted by Gasteiger charge is 2.67. The molecule has 6 heteroatoms. The molecule has 0 radical (unpaired) electrons. The number of carbonyl (C=O) groups is 2. The predicted molar refractivity (Wildman–Crippen MR) is 84.4 cm³/mol. The molecular formula is C18H17NO5. The van der Waals surface area contributed by atoms with Gasteiger partial charge < -0.3 is 14.2 Å². The summed E-state index contributed by atoms with van der Waals surface area (Å²) in [5, 5.41) is 0. The van der Waals surface area contributed by atoms with E-state index < -0.39 is 23.8 Å². The number of rotatable bonds is 3. The van der Waals surface area contributed by atoms with Crippen LogP contribution in [0, 0.1) is 11.8 Å². The average Bonchev–Trinajstić information content (AvgIpc) is 3.26. The molecular weight excluding hydrogens is 310 g/mol. The van der Waals surface area contributed by atoms with Crippen molar-refractivity contribution in [2.45, 2.75) is 25.0 Å². The molecule has 4 rings (SSSR count). The number of aliphatic imine (C=N–C) groups is 1. The molecule has 6 nitrogen and oxygen atoms in total. The van der Waals surface area contributed by atoms with E-state index >= 15 is 0 Å². The largest absolute Gasteiger partial charge is 0.508 e. The molecule has 1 aromatic carbocycles. The van der Waals surface area contributed by atoms with Crippen LogP contribution < -0.4 is 0 Å². The summed E-state index contributed by atoms with van der Waals surface area (Å²) >= 11 is 0. The number of ether oxygens (including phenoxy) is 3. The third kappa shape index (κ3) is 2.06. The van der Waals surface area contributed by atoms with E-state index in [-0.39, 0.29) is 24.3 Å². The fourth-order valence-electron chi connectivity index (χ4n) is 3.77. The van der Waals surface area contributed by atoms with Crippen LogP contribution in [-0.2, 0) is 19.0 Å². The zero-order valence-electron chi connectivity index (χ0n) is 13.2. The molecule has 2 aliphatic carbocycles. The maximum absolute atomic E-state index is 12.7. The van der Waals surface area contributed by atoms with E-state index in [1.165, 1.54) is 0 Å². The molecule has 1 saturated carbocycles. The van der Waals surface area contributed by atoms with Crippen LogP contribution in [0.3, 0.4) is 0 Å². The Balaban J connectivity index is 1.71. The van der Waals surface area contributed by atoms with Gasteiger partial charge in [0.15, 0.2) is 0 Å². The second kappa shape index (κ2) is 5.47. The van der Waals surface area contributed by atoms with E-state index in [2.05, 4.69) is 4.99 Å². The van der Waals surface area contributed by atoms with Crippen LogP contribution in [0.1, 0.15) is 18.9 Å². The normalized spacial score (nSPS) is 32.8. The summed E-state index contributed by atoms with van der Waals surface area (Å²) in [6.45, 7) is 1.92. The van der Waals surface area contributed by atoms with Gasteiger partial charge in [0, 0.05) is 17.4 Å². The Morgan fingerprint density at radius 2 is 2.12 bits per heavy atom. The first kappa shape index (κ1) is 14.9. The molecule has 1 aromatic rings. The number of esters is 1. The zero-order valence-corrected chi connectivity index (χ0v) is 13.2. The lowest BCUT2D eigenvalue weighted by Gasteiger charge is -2.31. The molecule has 1 spiro atoms. The SMILES string of the molecule is CCOC(=O)O[C@H]1[C@H]2C=C[C@H](C2)[C@@]12N=C(c1ccccc1)OC2=O. The van der Waals surface area contributed by atoms with Crippen molar-refractivity contribution < 1.29 is 23.8 Å². The summed E-state index contributed by atoms with van der Waals surface area (Å²) in [5.41, 5.74) is -0.471. The Morgan fingerprint density at radius 3 is 2.88 bits per heavy atom. The first-order chi connectivity index (χ1) is 11.6. The van der Waals surface area contributed by atoms with Crippen LogP contribution in [0.2, 0.25) is 0 Å². The van der Waals surface area contributed by atoms with Crippen LogP contribution in [0.4, 0.5) is 4.79 Å². The number of hydrogen-bond donors (Lipinski definition) is 0. The third-order valence-corrected chi connectivity index (χ3v) is 4.81. The molecule has 1 aliphatic heterocycles. The molecule has 1 fully saturated rings. The van der Waals surface area contributed by atoms with Gasteiger partial charge in [0.25, 0.3) is 0 Å². The lowest BCUT2D eigenvalue weighted by Crippen LogP contribution is -2.51. The number of cyclic esters (lactones) is 1. The van der Waals surface area contributed by atoms with Crippen molar-refractivity contribution in [3.8, 4) is 0 Å². The van der Waals surface area contributed by atoms with Gasteiger partial charge in [-0.25, -0.2) is 14.6 Å². The van der Waals surface area contributed by atoms with E-state index in [1.54, 1.807) is 6.92 Å². The number of nitrogens with zero attached hydrogens (tertiary/aromatic N) is 1. The third-order valence-electron chi connectivity index (χ3n) is 4.81. The highest BCUT2D eigenvalue weighted by atomic mass is 16.7. The van der Waals surface area contributed by atoms with Crippen LogP contribution in [-0.4, -0.2) is 36.3 Å². The summed E-state index contributed by atoms with van der Waals surface area (Å²) in [7, 11) is 0. The van der Waals surface area contributed by atoms with Crippen molar-refractivity contribution in [2.75, 3.05) is 6.61 Å². The average molecular weight is 327 g/mol. The van der Waals surface area contributed by atoms with Crippen molar-refractivity contribution in [3.05, 3.63) is 48.0 Å². The molecule has 0 N–H and O–H groups in total. The van der Waals surface area contributed by atoms with E-state index in [0.717, 1.165) is 5.56 Å². The Kier molecular flexibility index (Phi) is 3.40. The standard InChI is InChI=1S/C18H17NO5/c1-2-22-17(21)23-14-12-8-9-13(10-12)18(14)16(20)24-15(19-18)11-6-4-3-5-7-11/h3-9,12-14H,2,10H2,1H3/t12-,13+,14-,18+/m0/s1. The number of carbonyl (C=O) groups excluding carboxylic acids is 2. The minimum atomic E-state index is -1.20. The molecule has 0 unspecified atom stereocenters. The zero-order chi connectivity index (χ0) is 16.7. The molecule has 0 aromatic heterocycles. The van der Waals surface area contributed by atoms with Gasteiger partial charge >= 0.3 is 12.1 Å². The second-order valence-electron chi connectivity index (χ2n) is 6.11. The summed E-state index contributed by atoms with van der Waals surface area (Å²) in [6.07, 6.45) is 3.18. The number of benzene rings is 1. The summed E-state index contributed by atoms with van der Waals surface area (Å²) in [5.74, 6) is -0.368. The van der Waals surface area contributed by atoms with E-state index in [0.29, 0.717) is 6.42 Å². The van der Waals surface area contributed by atoms with Gasteiger partial charge in [-0.05, 0) is 25.5 Å². The highest BCUT2D eigenvalue weighted by Crippen LogP contribution is 2.52. The number of fused-ring (bicyclic) bond motifs is 3. The molecule has 4 atom stereocenters. The maximum Gasteiger partial charge on any atom is 0.508 e. The van der Waals surface area contributed by atoms with E-state index in [1.807, 2.05) is 42.5 Å². The van der Waals surface area contributed by atoms with Crippen LogP contribution in [0.15, 0.2) is 47.5 Å². The molecule has 2 bridgehead atoms. The Morgan fingerprint density at radius 1 is 1.33 bits per heavy atom. The van der Waals surface area contributed by atoms with E-state index in [4.69, 9.17) is 14.2 Å². The van der Waals surface area contributed by atoms with Gasteiger partial charge in [-0.2, -0.15) is 0 Å². The minimum Gasteiger partial charge on any atom is -0.435 e. The number of hydrogen-bond acceptors (Lipinski definition) is 6. The van der Waals surface area contributed by atoms with Gasteiger partial charge in [0.05, 0.1) is 6.61 Å². The first-order valence-corrected chi connectivity index (χ1v) is 8.04. The van der Waals surface area contributed by atoms with Crippen molar-refractivity contribution in [2.24, 2.45) is 16.8 Å². The van der Waals surface area contributed by atoms with Gasteiger partial charge in [-0.3, -0.25) is 0 Å². The fraction of sp³-hybridized carbons (Fsp3) is 0.389. The topological polar surface area (TPSA) is 74.2 Å². The van der Waals surface area contributed by atoms with Crippen LogP contribution in [0.25, 0.3) is 0 Å². The van der Waals surface area contributed by atoms with Gasteiger partial charge in [0.2, 0.25) is 11.4 Å². The van der Waals surface area contributed by atoms with Gasteiger partial charge in [0.1, 0.15) is 6.10 Å². The molecule has 3 aliphatic rings. The second-order valence-corrected chi connectivity index (χ2v) is 6.11. The molecule has 0 amide bonds. The predicted octanol–water partition coefficient (Wildman–Crippen LogP) is 2.48. The Bertz CT molecular complexity index is 741. The maximum atomic E-state index is 12.7. The first-order valence-electron chi connectivity index (χ1n) is 8.04. The van der Waals surface area contributed by atoms with Crippen molar-refractivity contribution >= 4 is 18.0 Å². The van der Waals surface area contributed by atoms with Crippen LogP contribution >= 0.6 is 0 Å². The molecule has 0 saturated heterocycles. The van der Waals surface area contributed by atoms with Crippen molar-refractivity contribution in [1.82, 2.24) is 0 Å². The van der Waals surface area contributed by atoms with Crippen molar-refractivity contribution in [1.29, 1.82) is 0 Å². The summed E-state index contributed by atoms with van der Waals surface area (Å²) in [4.78, 5) is 29.1. The summed E-state index contributed by atoms with van der Waals surface area (Å²) in [6, 6.07) is 9.24. The minimum absolute atomic E-state index is 0.0502. The summed E-state index contributed by atoms with van der Waals surface area (Å²) < 4.78 is 15.8. The lowest BCUT2D eigenvalue weighted by atomic mass is 9.83. The van der Waals surface area contributed by atoms with E-state index in [9.17, 15) is 9.59 Å². The monoisotopic (exact) mass is 327 g/mol.